The lowest BCUT2D eigenvalue weighted by Crippen LogP contribution is -2.07. The van der Waals surface area contributed by atoms with Gasteiger partial charge in [-0.05, 0) is 54.8 Å². The van der Waals surface area contributed by atoms with Crippen LogP contribution in [0.15, 0.2) is 40.5 Å². The van der Waals surface area contributed by atoms with Gasteiger partial charge in [-0.15, -0.1) is 0 Å². The molecule has 0 saturated heterocycles. The van der Waals surface area contributed by atoms with E-state index in [9.17, 15) is 4.39 Å². The van der Waals surface area contributed by atoms with Crippen LogP contribution in [0.5, 0.6) is 0 Å². The molecule has 1 unspecified atom stereocenters. The molecule has 3 rings (SSSR count). The smallest absolute Gasteiger partial charge is 0.158 e. The van der Waals surface area contributed by atoms with E-state index in [1.54, 1.807) is 18.5 Å². The van der Waals surface area contributed by atoms with Gasteiger partial charge < -0.3 is 9.74 Å². The van der Waals surface area contributed by atoms with Crippen LogP contribution in [0.25, 0.3) is 0 Å². The van der Waals surface area contributed by atoms with E-state index in [1.807, 2.05) is 38.9 Å². The summed E-state index contributed by atoms with van der Waals surface area (Å²) in [4.78, 5) is 12.0. The molecule has 0 N–H and O–H groups in total. The van der Waals surface area contributed by atoms with Crippen molar-refractivity contribution in [1.82, 2.24) is 4.90 Å². The van der Waals surface area contributed by atoms with Gasteiger partial charge in [0.2, 0.25) is 0 Å². The summed E-state index contributed by atoms with van der Waals surface area (Å²) < 4.78 is 14.1. The van der Waals surface area contributed by atoms with E-state index >= 15 is 0 Å². The minimum atomic E-state index is -0.387. The number of hydrogen-bond donors (Lipinski definition) is 0. The number of nitrogens with zero attached hydrogens (tertiary/aromatic N) is 3. The van der Waals surface area contributed by atoms with Gasteiger partial charge in [0.25, 0.3) is 0 Å². The van der Waals surface area contributed by atoms with Crippen LogP contribution in [0.4, 0.5) is 10.1 Å². The number of benzene rings is 2. The molecule has 1 atom stereocenters. The highest BCUT2D eigenvalue weighted by molar-refractivity contribution is 6.34. The highest BCUT2D eigenvalue weighted by atomic mass is 35.5. The molecule has 0 fully saturated rings. The molecule has 2 aromatic rings. The van der Waals surface area contributed by atoms with Crippen molar-refractivity contribution in [2.45, 2.75) is 26.4 Å². The molecule has 0 spiro atoms. The lowest BCUT2D eigenvalue weighted by Gasteiger charge is -2.14. The Bertz CT molecular complexity index is 873. The summed E-state index contributed by atoms with van der Waals surface area (Å²) in [5.74, 6) is -0.387. The first-order chi connectivity index (χ1) is 12.4. The minimum Gasteiger partial charge on any atom is -0.387 e. The van der Waals surface area contributed by atoms with Gasteiger partial charge in [0.05, 0.1) is 28.3 Å². The van der Waals surface area contributed by atoms with Crippen LogP contribution in [-0.4, -0.2) is 31.0 Å². The zero-order chi connectivity index (χ0) is 18.8. The summed E-state index contributed by atoms with van der Waals surface area (Å²) in [5, 5.41) is 4.44. The highest BCUT2D eigenvalue weighted by Crippen LogP contribution is 2.36. The van der Waals surface area contributed by atoms with Crippen molar-refractivity contribution in [3.63, 3.8) is 0 Å². The Morgan fingerprint density at radius 3 is 2.73 bits per heavy atom. The molecule has 26 heavy (non-hydrogen) atoms. The van der Waals surface area contributed by atoms with Crippen molar-refractivity contribution < 1.29 is 9.23 Å². The summed E-state index contributed by atoms with van der Waals surface area (Å²) in [5.41, 5.74) is 4.89. The molecule has 0 radical (unpaired) electrons. The summed E-state index contributed by atoms with van der Waals surface area (Å²) in [6.07, 6.45) is 1.99. The van der Waals surface area contributed by atoms with Crippen LogP contribution in [0, 0.1) is 19.7 Å². The number of halogens is 2. The number of hydrogen-bond acceptors (Lipinski definition) is 3. The van der Waals surface area contributed by atoms with Crippen LogP contribution in [0.2, 0.25) is 5.02 Å². The fourth-order valence-electron chi connectivity index (χ4n) is 2.95. The second-order valence-corrected chi connectivity index (χ2v) is 7.04. The van der Waals surface area contributed by atoms with E-state index in [-0.39, 0.29) is 11.9 Å². The van der Waals surface area contributed by atoms with Crippen LogP contribution in [0.1, 0.15) is 34.8 Å². The van der Waals surface area contributed by atoms with Gasteiger partial charge in [-0.1, -0.05) is 22.8 Å². The van der Waals surface area contributed by atoms with E-state index in [4.69, 9.17) is 16.4 Å². The lowest BCUT2D eigenvalue weighted by atomic mass is 9.95. The third-order valence-electron chi connectivity index (χ3n) is 4.28. The van der Waals surface area contributed by atoms with Crippen molar-refractivity contribution in [2.75, 3.05) is 14.1 Å². The maximum Gasteiger partial charge on any atom is 0.158 e. The third kappa shape index (κ3) is 3.73. The fraction of sp³-hybridized carbons (Fsp3) is 0.300. The van der Waals surface area contributed by atoms with Crippen LogP contribution in [0.3, 0.4) is 0 Å². The Hall–Kier alpha value is -2.40. The predicted molar refractivity (Wildman–Crippen MR) is 104 cm³/mol. The minimum absolute atomic E-state index is 0.258. The molecule has 1 heterocycles. The fourth-order valence-corrected chi connectivity index (χ4v) is 3.22. The third-order valence-corrected chi connectivity index (χ3v) is 4.59. The zero-order valence-electron chi connectivity index (χ0n) is 15.3. The van der Waals surface area contributed by atoms with Gasteiger partial charge in [0.1, 0.15) is 5.82 Å². The molecule has 6 heteroatoms. The van der Waals surface area contributed by atoms with E-state index in [0.717, 1.165) is 22.4 Å². The molecule has 0 bridgehead atoms. The normalized spacial score (nSPS) is 16.7. The average molecular weight is 374 g/mol. The molecule has 1 aliphatic rings. The Morgan fingerprint density at radius 1 is 1.27 bits per heavy atom. The molecule has 0 aliphatic carbocycles. The predicted octanol–water partition coefficient (Wildman–Crippen LogP) is 5.18. The van der Waals surface area contributed by atoms with E-state index in [0.29, 0.717) is 22.7 Å². The Labute approximate surface area is 157 Å². The van der Waals surface area contributed by atoms with Crippen LogP contribution >= 0.6 is 11.6 Å². The second-order valence-electron chi connectivity index (χ2n) is 6.64. The van der Waals surface area contributed by atoms with Crippen molar-refractivity contribution in [3.05, 3.63) is 63.4 Å². The summed E-state index contributed by atoms with van der Waals surface area (Å²) in [6, 6.07) is 8.70. The molecule has 0 aromatic heterocycles. The Kier molecular flexibility index (Phi) is 5.28. The summed E-state index contributed by atoms with van der Waals surface area (Å²) in [7, 11) is 3.86. The first-order valence-corrected chi connectivity index (χ1v) is 8.73. The first-order valence-electron chi connectivity index (χ1n) is 8.35. The van der Waals surface area contributed by atoms with Crippen molar-refractivity contribution >= 4 is 29.3 Å². The molecular formula is C20H21ClFN3O. The van der Waals surface area contributed by atoms with Gasteiger partial charge in [-0.2, -0.15) is 0 Å². The van der Waals surface area contributed by atoms with Crippen LogP contribution in [-0.2, 0) is 4.84 Å². The van der Waals surface area contributed by atoms with Crippen molar-refractivity contribution in [1.29, 1.82) is 0 Å². The SMILES string of the molecule is Cc1cc(C2CC(c3c(F)cccc3Cl)=NO2)c(C)cc1N=CN(C)C. The number of rotatable bonds is 4. The van der Waals surface area contributed by atoms with Crippen LogP contribution < -0.4 is 0 Å². The molecular weight excluding hydrogens is 353 g/mol. The monoisotopic (exact) mass is 373 g/mol. The maximum absolute atomic E-state index is 14.1. The number of aryl methyl sites for hydroxylation is 2. The Morgan fingerprint density at radius 2 is 2.04 bits per heavy atom. The summed E-state index contributed by atoms with van der Waals surface area (Å²) >= 11 is 6.14. The lowest BCUT2D eigenvalue weighted by molar-refractivity contribution is 0.0852. The standard InChI is InChI=1S/C20H21ClFN3O/c1-12-9-17(23-11-25(3)4)13(2)8-14(12)19-10-18(24-26-19)20-15(21)6-5-7-16(20)22/h5-9,11,19H,10H2,1-4H3. The second kappa shape index (κ2) is 7.46. The van der Waals surface area contributed by atoms with Crippen molar-refractivity contribution in [2.24, 2.45) is 10.1 Å². The first kappa shape index (κ1) is 18.4. The molecule has 4 nitrogen and oxygen atoms in total. The Balaban J connectivity index is 1.85. The van der Waals surface area contributed by atoms with Crippen molar-refractivity contribution in [3.8, 4) is 0 Å². The quantitative estimate of drug-likeness (QED) is 0.546. The maximum atomic E-state index is 14.1. The van der Waals surface area contributed by atoms with E-state index < -0.39 is 0 Å². The molecule has 1 aliphatic heterocycles. The average Bonchev–Trinajstić information content (AvgIpc) is 3.04. The van der Waals surface area contributed by atoms with Gasteiger partial charge >= 0.3 is 0 Å². The zero-order valence-corrected chi connectivity index (χ0v) is 16.0. The van der Waals surface area contributed by atoms with Gasteiger partial charge in [0.15, 0.2) is 6.10 Å². The number of aliphatic imine (C=N–C) groups is 1. The molecule has 2 aromatic carbocycles. The largest absolute Gasteiger partial charge is 0.387 e. The van der Waals surface area contributed by atoms with Gasteiger partial charge in [-0.25, -0.2) is 9.38 Å². The molecule has 0 amide bonds. The van der Waals surface area contributed by atoms with E-state index in [1.165, 1.54) is 6.07 Å². The number of oxime groups is 1. The van der Waals surface area contributed by atoms with E-state index in [2.05, 4.69) is 16.2 Å². The molecule has 136 valence electrons. The highest BCUT2D eigenvalue weighted by Gasteiger charge is 2.28. The summed E-state index contributed by atoms with van der Waals surface area (Å²) in [6.45, 7) is 4.02. The van der Waals surface area contributed by atoms with Gasteiger partial charge in [-0.3, -0.25) is 0 Å². The topological polar surface area (TPSA) is 37.2 Å². The van der Waals surface area contributed by atoms with Gasteiger partial charge in [0, 0.05) is 20.5 Å². The molecule has 0 saturated carbocycles.